The summed E-state index contributed by atoms with van der Waals surface area (Å²) >= 11 is 0. The minimum absolute atomic E-state index is 0.0392. The van der Waals surface area contributed by atoms with Gasteiger partial charge in [-0.2, -0.15) is 0 Å². The molecule has 0 aliphatic carbocycles. The highest BCUT2D eigenvalue weighted by Crippen LogP contribution is 2.15. The molecule has 0 atom stereocenters. The molecule has 0 saturated carbocycles. The van der Waals surface area contributed by atoms with E-state index in [1.165, 1.54) is 5.56 Å². The molecule has 0 unspecified atom stereocenters. The van der Waals surface area contributed by atoms with Crippen LogP contribution < -0.4 is 10.5 Å². The third-order valence-corrected chi connectivity index (χ3v) is 3.44. The Kier molecular flexibility index (Phi) is 6.69. The monoisotopic (exact) mass is 292 g/mol. The summed E-state index contributed by atoms with van der Waals surface area (Å²) < 4.78 is 5.65. The molecule has 2 N–H and O–H groups in total. The highest BCUT2D eigenvalue weighted by Gasteiger charge is 2.20. The van der Waals surface area contributed by atoms with Gasteiger partial charge in [-0.1, -0.05) is 26.0 Å². The first kappa shape index (κ1) is 17.5. The van der Waals surface area contributed by atoms with Crippen LogP contribution in [0.15, 0.2) is 24.3 Å². The average molecular weight is 292 g/mol. The topological polar surface area (TPSA) is 55.6 Å². The highest BCUT2D eigenvalue weighted by molar-refractivity contribution is 5.75. The summed E-state index contributed by atoms with van der Waals surface area (Å²) in [4.78, 5) is 13.8. The Morgan fingerprint density at radius 1 is 1.38 bits per heavy atom. The van der Waals surface area contributed by atoms with Gasteiger partial charge in [0.25, 0.3) is 0 Å². The average Bonchev–Trinajstić information content (AvgIpc) is 2.43. The maximum Gasteiger partial charge on any atom is 0.222 e. The molecule has 0 spiro atoms. The van der Waals surface area contributed by atoms with Crippen molar-refractivity contribution in [3.8, 4) is 5.75 Å². The Hall–Kier alpha value is -1.55. The number of hydrogen-bond acceptors (Lipinski definition) is 3. The predicted molar refractivity (Wildman–Crippen MR) is 86.4 cm³/mol. The number of carbonyl (C=O) groups excluding carboxylic acids is 1. The lowest BCUT2D eigenvalue weighted by atomic mass is 9.93. The number of nitrogens with two attached hydrogens (primary N) is 1. The van der Waals surface area contributed by atoms with E-state index in [1.54, 1.807) is 4.90 Å². The van der Waals surface area contributed by atoms with Crippen molar-refractivity contribution in [2.75, 3.05) is 26.7 Å². The summed E-state index contributed by atoms with van der Waals surface area (Å²) in [6.07, 6.45) is 1.23. The summed E-state index contributed by atoms with van der Waals surface area (Å²) in [6.45, 7) is 7.98. The lowest BCUT2D eigenvalue weighted by Crippen LogP contribution is -2.39. The molecule has 118 valence electrons. The first-order valence-electron chi connectivity index (χ1n) is 7.47. The van der Waals surface area contributed by atoms with E-state index >= 15 is 0 Å². The molecule has 0 aromatic heterocycles. The van der Waals surface area contributed by atoms with E-state index in [0.29, 0.717) is 26.1 Å². The molecular formula is C17H28N2O2. The quantitative estimate of drug-likeness (QED) is 0.749. The summed E-state index contributed by atoms with van der Waals surface area (Å²) in [5, 5.41) is 0. The van der Waals surface area contributed by atoms with Crippen molar-refractivity contribution in [1.82, 2.24) is 4.90 Å². The third kappa shape index (κ3) is 6.63. The molecule has 4 nitrogen and oxygen atoms in total. The Bertz CT molecular complexity index is 458. The van der Waals surface area contributed by atoms with Gasteiger partial charge in [0.15, 0.2) is 0 Å². The predicted octanol–water partition coefficient (Wildman–Crippen LogP) is 2.60. The van der Waals surface area contributed by atoms with Crippen LogP contribution in [0.1, 0.15) is 32.3 Å². The minimum Gasteiger partial charge on any atom is -0.494 e. The first-order valence-corrected chi connectivity index (χ1v) is 7.47. The molecule has 1 amide bonds. The largest absolute Gasteiger partial charge is 0.494 e. The van der Waals surface area contributed by atoms with Crippen molar-refractivity contribution in [1.29, 1.82) is 0 Å². The lowest BCUT2D eigenvalue weighted by Gasteiger charge is -2.29. The Labute approximate surface area is 128 Å². The smallest absolute Gasteiger partial charge is 0.222 e. The number of benzene rings is 1. The number of amides is 1. The maximum absolute atomic E-state index is 12.0. The molecule has 0 aliphatic rings. The summed E-state index contributed by atoms with van der Waals surface area (Å²) in [5.74, 6) is 1.00. The second-order valence-electron chi connectivity index (χ2n) is 6.39. The fourth-order valence-corrected chi connectivity index (χ4v) is 2.10. The Morgan fingerprint density at radius 3 is 2.71 bits per heavy atom. The van der Waals surface area contributed by atoms with Gasteiger partial charge in [-0.05, 0) is 43.0 Å². The zero-order valence-electron chi connectivity index (χ0n) is 13.7. The summed E-state index contributed by atoms with van der Waals surface area (Å²) in [7, 11) is 1.83. The fourth-order valence-electron chi connectivity index (χ4n) is 2.10. The second-order valence-corrected chi connectivity index (χ2v) is 6.39. The SMILES string of the molecule is Cc1cccc(OCCCC(=O)N(C)CC(C)(C)CN)c1. The normalized spacial score (nSPS) is 11.3. The fraction of sp³-hybridized carbons (Fsp3) is 0.588. The van der Waals surface area contributed by atoms with E-state index in [4.69, 9.17) is 10.5 Å². The van der Waals surface area contributed by atoms with Gasteiger partial charge >= 0.3 is 0 Å². The van der Waals surface area contributed by atoms with Crippen LogP contribution in [-0.2, 0) is 4.79 Å². The van der Waals surface area contributed by atoms with Crippen molar-refractivity contribution >= 4 is 5.91 Å². The van der Waals surface area contributed by atoms with Crippen LogP contribution in [0.2, 0.25) is 0 Å². The van der Waals surface area contributed by atoms with Gasteiger partial charge in [-0.15, -0.1) is 0 Å². The molecular weight excluding hydrogens is 264 g/mol. The van der Waals surface area contributed by atoms with Crippen LogP contribution in [-0.4, -0.2) is 37.6 Å². The summed E-state index contributed by atoms with van der Waals surface area (Å²) in [5.41, 5.74) is 6.83. The molecule has 0 bridgehead atoms. The number of ether oxygens (including phenoxy) is 1. The first-order chi connectivity index (χ1) is 9.84. The number of rotatable bonds is 8. The molecule has 0 saturated heterocycles. The standard InChI is InChI=1S/C17H28N2O2/c1-14-7-5-8-15(11-14)21-10-6-9-16(20)19(4)13-17(2,3)12-18/h5,7-8,11H,6,9-10,12-13,18H2,1-4H3. The molecule has 21 heavy (non-hydrogen) atoms. The molecule has 0 fully saturated rings. The van der Waals surface area contributed by atoms with Gasteiger partial charge in [0.1, 0.15) is 5.75 Å². The zero-order valence-corrected chi connectivity index (χ0v) is 13.7. The van der Waals surface area contributed by atoms with Crippen molar-refractivity contribution < 1.29 is 9.53 Å². The number of hydrogen-bond donors (Lipinski definition) is 1. The van der Waals surface area contributed by atoms with Crippen molar-refractivity contribution in [3.63, 3.8) is 0 Å². The van der Waals surface area contributed by atoms with E-state index in [1.807, 2.05) is 38.2 Å². The van der Waals surface area contributed by atoms with E-state index in [-0.39, 0.29) is 11.3 Å². The van der Waals surface area contributed by atoms with Crippen LogP contribution in [0.4, 0.5) is 0 Å². The van der Waals surface area contributed by atoms with Crippen molar-refractivity contribution in [3.05, 3.63) is 29.8 Å². The number of nitrogens with zero attached hydrogens (tertiary/aromatic N) is 1. The van der Waals surface area contributed by atoms with Gasteiger partial charge < -0.3 is 15.4 Å². The third-order valence-electron chi connectivity index (χ3n) is 3.44. The molecule has 1 aromatic rings. The van der Waals surface area contributed by atoms with Crippen LogP contribution >= 0.6 is 0 Å². The van der Waals surface area contributed by atoms with Gasteiger partial charge in [0.2, 0.25) is 5.91 Å². The maximum atomic E-state index is 12.0. The van der Waals surface area contributed by atoms with Crippen molar-refractivity contribution in [2.24, 2.45) is 11.1 Å². The van der Waals surface area contributed by atoms with E-state index < -0.39 is 0 Å². The molecule has 1 aromatic carbocycles. The van der Waals surface area contributed by atoms with Gasteiger partial charge in [-0.25, -0.2) is 0 Å². The van der Waals surface area contributed by atoms with E-state index in [0.717, 1.165) is 12.2 Å². The van der Waals surface area contributed by atoms with E-state index in [2.05, 4.69) is 13.8 Å². The highest BCUT2D eigenvalue weighted by atomic mass is 16.5. The van der Waals surface area contributed by atoms with Crippen LogP contribution in [0.5, 0.6) is 5.75 Å². The molecule has 1 rings (SSSR count). The van der Waals surface area contributed by atoms with Crippen LogP contribution in [0.25, 0.3) is 0 Å². The Balaban J connectivity index is 2.27. The van der Waals surface area contributed by atoms with Crippen LogP contribution in [0, 0.1) is 12.3 Å². The molecule has 4 heteroatoms. The molecule has 0 radical (unpaired) electrons. The Morgan fingerprint density at radius 2 is 2.10 bits per heavy atom. The van der Waals surface area contributed by atoms with Crippen molar-refractivity contribution in [2.45, 2.75) is 33.6 Å². The lowest BCUT2D eigenvalue weighted by molar-refractivity contribution is -0.131. The molecule has 0 aliphatic heterocycles. The van der Waals surface area contributed by atoms with Gasteiger partial charge in [0.05, 0.1) is 6.61 Å². The van der Waals surface area contributed by atoms with Gasteiger partial charge in [-0.3, -0.25) is 4.79 Å². The molecule has 0 heterocycles. The van der Waals surface area contributed by atoms with Gasteiger partial charge in [0, 0.05) is 20.0 Å². The summed E-state index contributed by atoms with van der Waals surface area (Å²) in [6, 6.07) is 7.94. The van der Waals surface area contributed by atoms with E-state index in [9.17, 15) is 4.79 Å². The number of carbonyl (C=O) groups is 1. The number of aryl methyl sites for hydroxylation is 1. The second kappa shape index (κ2) is 8.03. The van der Waals surface area contributed by atoms with Crippen LogP contribution in [0.3, 0.4) is 0 Å². The zero-order chi connectivity index (χ0) is 15.9. The minimum atomic E-state index is -0.0392.